The molecule has 0 aliphatic rings. The number of hydrogen-bond acceptors (Lipinski definition) is 0. The van der Waals surface area contributed by atoms with Crippen molar-refractivity contribution in [3.05, 3.63) is 72.3 Å². The highest BCUT2D eigenvalue weighted by Crippen LogP contribution is 2.37. The average molecular weight is 341 g/mol. The minimum absolute atomic E-state index is 0.0404. The number of aromatic nitrogens is 1. The van der Waals surface area contributed by atoms with Crippen molar-refractivity contribution in [2.75, 3.05) is 0 Å². The molecule has 0 atom stereocenters. The summed E-state index contributed by atoms with van der Waals surface area (Å²) in [5.74, 6) is 0.512. The molecule has 0 saturated carbocycles. The van der Waals surface area contributed by atoms with Crippen LogP contribution in [0.25, 0.3) is 32.9 Å². The maximum Gasteiger partial charge on any atom is 0.0496 e. The third-order valence-electron chi connectivity index (χ3n) is 5.24. The van der Waals surface area contributed by atoms with E-state index in [9.17, 15) is 0 Å². The van der Waals surface area contributed by atoms with Gasteiger partial charge in [-0.15, -0.1) is 0 Å². The minimum atomic E-state index is 0.0404. The fourth-order valence-corrected chi connectivity index (χ4v) is 4.13. The molecule has 0 saturated heterocycles. The van der Waals surface area contributed by atoms with Crippen LogP contribution >= 0.6 is 0 Å². The fraction of sp³-hybridized carbons (Fsp3) is 0.280. The SMILES string of the molecule is CC(C)c1ccccc1-c1ccc2c(c1)c1ccccc1n2C(C)(C)C. The molecule has 0 aliphatic carbocycles. The second kappa shape index (κ2) is 6.02. The van der Waals surface area contributed by atoms with Gasteiger partial charge in [0.1, 0.15) is 0 Å². The molecule has 132 valence electrons. The first-order chi connectivity index (χ1) is 12.4. The summed E-state index contributed by atoms with van der Waals surface area (Å²) in [5, 5.41) is 2.67. The highest BCUT2D eigenvalue weighted by atomic mass is 15.0. The zero-order valence-electron chi connectivity index (χ0n) is 16.4. The lowest BCUT2D eigenvalue weighted by atomic mass is 9.92. The van der Waals surface area contributed by atoms with Gasteiger partial charge in [-0.2, -0.15) is 0 Å². The van der Waals surface area contributed by atoms with Crippen LogP contribution in [0.15, 0.2) is 66.7 Å². The van der Waals surface area contributed by atoms with E-state index in [0.717, 1.165) is 0 Å². The molecule has 0 N–H and O–H groups in total. The first kappa shape index (κ1) is 16.9. The third-order valence-corrected chi connectivity index (χ3v) is 5.24. The Bertz CT molecular complexity index is 1090. The van der Waals surface area contributed by atoms with Crippen molar-refractivity contribution in [3.8, 4) is 11.1 Å². The summed E-state index contributed by atoms with van der Waals surface area (Å²) in [6, 6.07) is 24.5. The molecule has 0 aliphatic heterocycles. The Labute approximate surface area is 156 Å². The Kier molecular flexibility index (Phi) is 3.91. The number of fused-ring (bicyclic) bond motifs is 3. The van der Waals surface area contributed by atoms with Crippen molar-refractivity contribution >= 4 is 21.8 Å². The second-order valence-corrected chi connectivity index (χ2v) is 8.50. The van der Waals surface area contributed by atoms with Crippen LogP contribution in [0, 0.1) is 0 Å². The summed E-state index contributed by atoms with van der Waals surface area (Å²) in [7, 11) is 0. The molecule has 4 rings (SSSR count). The van der Waals surface area contributed by atoms with E-state index in [-0.39, 0.29) is 5.54 Å². The molecule has 0 bridgehead atoms. The van der Waals surface area contributed by atoms with Crippen LogP contribution in [0.1, 0.15) is 46.1 Å². The smallest absolute Gasteiger partial charge is 0.0496 e. The number of rotatable bonds is 2. The van der Waals surface area contributed by atoms with Crippen molar-refractivity contribution < 1.29 is 0 Å². The van der Waals surface area contributed by atoms with Gasteiger partial charge >= 0.3 is 0 Å². The van der Waals surface area contributed by atoms with Crippen LogP contribution in [-0.4, -0.2) is 4.57 Å². The molecule has 1 aromatic heterocycles. The predicted octanol–water partition coefficient (Wildman–Crippen LogP) is 7.34. The maximum absolute atomic E-state index is 2.47. The standard InChI is InChI=1S/C25H27N/c1-17(2)19-10-6-7-11-20(19)18-14-15-24-22(16-18)21-12-8-9-13-23(21)26(24)25(3,4)5/h6-17H,1-5H3. The lowest BCUT2D eigenvalue weighted by Gasteiger charge is -2.24. The Morgan fingerprint density at radius 3 is 2.12 bits per heavy atom. The Balaban J connectivity index is 2.05. The summed E-state index contributed by atoms with van der Waals surface area (Å²) >= 11 is 0. The second-order valence-electron chi connectivity index (χ2n) is 8.50. The molecular weight excluding hydrogens is 314 g/mol. The van der Waals surface area contributed by atoms with Gasteiger partial charge in [-0.25, -0.2) is 0 Å². The first-order valence-electron chi connectivity index (χ1n) is 9.51. The molecule has 0 spiro atoms. The van der Waals surface area contributed by atoms with Crippen LogP contribution in [0.5, 0.6) is 0 Å². The van der Waals surface area contributed by atoms with E-state index >= 15 is 0 Å². The van der Waals surface area contributed by atoms with E-state index in [1.807, 2.05) is 0 Å². The van der Waals surface area contributed by atoms with Crippen molar-refractivity contribution in [2.24, 2.45) is 0 Å². The van der Waals surface area contributed by atoms with Crippen molar-refractivity contribution in [3.63, 3.8) is 0 Å². The fourth-order valence-electron chi connectivity index (χ4n) is 4.13. The molecule has 0 radical (unpaired) electrons. The number of benzene rings is 3. The molecule has 0 fully saturated rings. The molecule has 1 heterocycles. The average Bonchev–Trinajstić information content (AvgIpc) is 2.95. The predicted molar refractivity (Wildman–Crippen MR) is 114 cm³/mol. The molecule has 1 heteroatoms. The highest BCUT2D eigenvalue weighted by Gasteiger charge is 2.20. The van der Waals surface area contributed by atoms with Gasteiger partial charge in [0.2, 0.25) is 0 Å². The van der Waals surface area contributed by atoms with Gasteiger partial charge in [-0.05, 0) is 61.6 Å². The van der Waals surface area contributed by atoms with Gasteiger partial charge in [0.05, 0.1) is 0 Å². The van der Waals surface area contributed by atoms with Crippen molar-refractivity contribution in [2.45, 2.75) is 46.1 Å². The van der Waals surface area contributed by atoms with Crippen molar-refractivity contribution in [1.29, 1.82) is 0 Å². The zero-order valence-corrected chi connectivity index (χ0v) is 16.4. The third kappa shape index (κ3) is 2.63. The summed E-state index contributed by atoms with van der Waals surface area (Å²) in [4.78, 5) is 0. The maximum atomic E-state index is 2.47. The lowest BCUT2D eigenvalue weighted by molar-refractivity contribution is 0.423. The Morgan fingerprint density at radius 1 is 0.731 bits per heavy atom. The number of hydrogen-bond donors (Lipinski definition) is 0. The first-order valence-corrected chi connectivity index (χ1v) is 9.51. The normalized spacial score (nSPS) is 12.4. The monoisotopic (exact) mass is 341 g/mol. The van der Waals surface area contributed by atoms with Gasteiger partial charge < -0.3 is 4.57 Å². The molecule has 4 aromatic rings. The van der Waals surface area contributed by atoms with E-state index in [0.29, 0.717) is 5.92 Å². The number of nitrogens with zero attached hydrogens (tertiary/aromatic N) is 1. The molecule has 0 amide bonds. The summed E-state index contributed by atoms with van der Waals surface area (Å²) in [6.07, 6.45) is 0. The van der Waals surface area contributed by atoms with Crippen LogP contribution in [0.4, 0.5) is 0 Å². The van der Waals surface area contributed by atoms with Crippen LogP contribution in [0.3, 0.4) is 0 Å². The van der Waals surface area contributed by atoms with Crippen molar-refractivity contribution in [1.82, 2.24) is 4.57 Å². The quantitative estimate of drug-likeness (QED) is 0.359. The van der Waals surface area contributed by atoms with E-state index in [2.05, 4.69) is 106 Å². The molecule has 0 unspecified atom stereocenters. The van der Waals surface area contributed by atoms with Gasteiger partial charge in [0.15, 0.2) is 0 Å². The summed E-state index contributed by atoms with van der Waals surface area (Å²) in [5.41, 5.74) is 6.72. The van der Waals surface area contributed by atoms with E-state index in [1.54, 1.807) is 0 Å². The molecule has 1 nitrogen and oxygen atoms in total. The molecular formula is C25H27N. The zero-order chi connectivity index (χ0) is 18.5. The van der Waals surface area contributed by atoms with Gasteiger partial charge in [0.25, 0.3) is 0 Å². The minimum Gasteiger partial charge on any atom is -0.335 e. The van der Waals surface area contributed by atoms with Crippen LogP contribution in [0.2, 0.25) is 0 Å². The van der Waals surface area contributed by atoms with E-state index < -0.39 is 0 Å². The molecule has 3 aromatic carbocycles. The topological polar surface area (TPSA) is 4.93 Å². The van der Waals surface area contributed by atoms with Crippen LogP contribution < -0.4 is 0 Å². The Hall–Kier alpha value is -2.54. The largest absolute Gasteiger partial charge is 0.335 e. The van der Waals surface area contributed by atoms with Crippen LogP contribution in [-0.2, 0) is 5.54 Å². The van der Waals surface area contributed by atoms with Gasteiger partial charge in [-0.3, -0.25) is 0 Å². The number of para-hydroxylation sites is 1. The van der Waals surface area contributed by atoms with E-state index in [1.165, 1.54) is 38.5 Å². The lowest BCUT2D eigenvalue weighted by Crippen LogP contribution is -2.21. The summed E-state index contributed by atoms with van der Waals surface area (Å²) < 4.78 is 2.47. The van der Waals surface area contributed by atoms with E-state index in [4.69, 9.17) is 0 Å². The highest BCUT2D eigenvalue weighted by molar-refractivity contribution is 6.09. The molecule has 26 heavy (non-hydrogen) atoms. The van der Waals surface area contributed by atoms with Gasteiger partial charge in [-0.1, -0.05) is 62.4 Å². The summed E-state index contributed by atoms with van der Waals surface area (Å²) in [6.45, 7) is 11.4. The van der Waals surface area contributed by atoms with Gasteiger partial charge in [0, 0.05) is 27.3 Å². The Morgan fingerprint density at radius 2 is 1.38 bits per heavy atom.